The van der Waals surface area contributed by atoms with Gasteiger partial charge in [-0.05, 0) is 30.4 Å². The third-order valence-electron chi connectivity index (χ3n) is 4.82. The second-order valence-electron chi connectivity index (χ2n) is 6.94. The van der Waals surface area contributed by atoms with Crippen LogP contribution in [0.5, 0.6) is 0 Å². The fourth-order valence-corrected chi connectivity index (χ4v) is 2.94. The first-order valence-electron chi connectivity index (χ1n) is 8.78. The van der Waals surface area contributed by atoms with E-state index in [4.69, 9.17) is 5.73 Å². The molecule has 24 heavy (non-hydrogen) atoms. The van der Waals surface area contributed by atoms with Crippen molar-refractivity contribution in [1.29, 1.82) is 0 Å². The van der Waals surface area contributed by atoms with Crippen LogP contribution < -0.4 is 10.6 Å². The van der Waals surface area contributed by atoms with Crippen molar-refractivity contribution < 1.29 is 9.59 Å². The van der Waals surface area contributed by atoms with Crippen molar-refractivity contribution >= 4 is 17.5 Å². The number of nitrogens with two attached hydrogens (primary N) is 1. The van der Waals surface area contributed by atoms with Gasteiger partial charge in [0.2, 0.25) is 11.8 Å². The van der Waals surface area contributed by atoms with E-state index in [-0.39, 0.29) is 17.9 Å². The normalized spacial score (nSPS) is 15.4. The van der Waals surface area contributed by atoms with E-state index in [2.05, 4.69) is 19.9 Å². The van der Waals surface area contributed by atoms with Crippen molar-refractivity contribution in [3.63, 3.8) is 0 Å². The summed E-state index contributed by atoms with van der Waals surface area (Å²) in [5.41, 5.74) is 8.17. The number of hydrogen-bond acceptors (Lipinski definition) is 3. The zero-order chi connectivity index (χ0) is 17.7. The summed E-state index contributed by atoms with van der Waals surface area (Å²) in [5.74, 6) is 0.573. The molecule has 0 saturated heterocycles. The van der Waals surface area contributed by atoms with Crippen LogP contribution in [0.3, 0.4) is 0 Å². The second-order valence-corrected chi connectivity index (χ2v) is 6.94. The van der Waals surface area contributed by atoms with Crippen molar-refractivity contribution in [1.82, 2.24) is 4.90 Å². The number of aryl methyl sites for hydroxylation is 1. The molecular weight excluding hydrogens is 302 g/mol. The van der Waals surface area contributed by atoms with E-state index >= 15 is 0 Å². The van der Waals surface area contributed by atoms with Crippen LogP contribution >= 0.6 is 0 Å². The van der Waals surface area contributed by atoms with Crippen LogP contribution in [0.4, 0.5) is 5.69 Å². The monoisotopic (exact) mass is 331 g/mol. The Labute approximate surface area is 144 Å². The quantitative estimate of drug-likeness (QED) is 0.833. The van der Waals surface area contributed by atoms with Gasteiger partial charge in [0.05, 0.1) is 0 Å². The summed E-state index contributed by atoms with van der Waals surface area (Å²) < 4.78 is 0. The molecule has 2 amide bonds. The number of carbonyl (C=O) groups is 2. The maximum Gasteiger partial charge on any atom is 0.227 e. The lowest BCUT2D eigenvalue weighted by Crippen LogP contribution is -2.39. The van der Waals surface area contributed by atoms with Crippen LogP contribution in [0.1, 0.15) is 38.7 Å². The molecule has 0 fully saturated rings. The highest BCUT2D eigenvalue weighted by atomic mass is 16.2. The fraction of sp³-hybridized carbons (Fsp3) is 0.579. The number of benzene rings is 1. The minimum atomic E-state index is 0.0572. The van der Waals surface area contributed by atoms with Crippen LogP contribution in [0.25, 0.3) is 0 Å². The summed E-state index contributed by atoms with van der Waals surface area (Å²) in [4.78, 5) is 28.0. The molecule has 1 aromatic carbocycles. The van der Waals surface area contributed by atoms with E-state index < -0.39 is 0 Å². The smallest absolute Gasteiger partial charge is 0.227 e. The lowest BCUT2D eigenvalue weighted by molar-refractivity contribution is -0.129. The number of nitrogens with zero attached hydrogens (tertiary/aromatic N) is 2. The molecule has 0 radical (unpaired) electrons. The minimum Gasteiger partial charge on any atom is -0.346 e. The van der Waals surface area contributed by atoms with E-state index in [9.17, 15) is 9.59 Å². The first kappa shape index (κ1) is 18.5. The molecule has 1 aromatic rings. The van der Waals surface area contributed by atoms with Crippen LogP contribution in [0.2, 0.25) is 0 Å². The average molecular weight is 331 g/mol. The molecule has 1 atom stereocenters. The van der Waals surface area contributed by atoms with Crippen LogP contribution in [0, 0.1) is 5.92 Å². The van der Waals surface area contributed by atoms with E-state index in [0.717, 1.165) is 18.5 Å². The largest absolute Gasteiger partial charge is 0.346 e. The Hall–Kier alpha value is -1.88. The van der Waals surface area contributed by atoms with Gasteiger partial charge in [-0.1, -0.05) is 32.0 Å². The van der Waals surface area contributed by atoms with Crippen molar-refractivity contribution in [3.05, 3.63) is 29.8 Å². The molecule has 2 rings (SSSR count). The third kappa shape index (κ3) is 4.57. The molecule has 0 bridgehead atoms. The van der Waals surface area contributed by atoms with Gasteiger partial charge in [-0.15, -0.1) is 0 Å². The predicted octanol–water partition coefficient (Wildman–Crippen LogP) is 2.19. The highest BCUT2D eigenvalue weighted by Crippen LogP contribution is 2.27. The summed E-state index contributed by atoms with van der Waals surface area (Å²) >= 11 is 0. The Kier molecular flexibility index (Phi) is 6.37. The Morgan fingerprint density at radius 1 is 1.29 bits per heavy atom. The number of anilines is 1. The molecule has 1 heterocycles. The molecule has 2 N–H and O–H groups in total. The number of rotatable bonds is 7. The third-order valence-corrected chi connectivity index (χ3v) is 4.82. The van der Waals surface area contributed by atoms with E-state index in [1.165, 1.54) is 5.56 Å². The van der Waals surface area contributed by atoms with Crippen molar-refractivity contribution in [3.8, 4) is 0 Å². The highest BCUT2D eigenvalue weighted by molar-refractivity contribution is 5.96. The second kappa shape index (κ2) is 8.29. The summed E-state index contributed by atoms with van der Waals surface area (Å²) in [6, 6.07) is 8.05. The molecule has 1 aliphatic rings. The van der Waals surface area contributed by atoms with Gasteiger partial charge in [0.25, 0.3) is 0 Å². The highest BCUT2D eigenvalue weighted by Gasteiger charge is 2.24. The number of para-hydroxylation sites is 1. The first-order valence-corrected chi connectivity index (χ1v) is 8.78. The molecule has 0 aromatic heterocycles. The van der Waals surface area contributed by atoms with Gasteiger partial charge in [0.15, 0.2) is 0 Å². The Morgan fingerprint density at radius 3 is 2.71 bits per heavy atom. The van der Waals surface area contributed by atoms with Crippen molar-refractivity contribution in [2.24, 2.45) is 11.7 Å². The molecule has 5 heteroatoms. The van der Waals surface area contributed by atoms with E-state index in [1.54, 1.807) is 16.8 Å². The van der Waals surface area contributed by atoms with E-state index in [0.29, 0.717) is 31.8 Å². The summed E-state index contributed by atoms with van der Waals surface area (Å²) in [6.07, 6.45) is 2.44. The van der Waals surface area contributed by atoms with Crippen LogP contribution in [0.15, 0.2) is 24.3 Å². The van der Waals surface area contributed by atoms with Gasteiger partial charge in [-0.25, -0.2) is 0 Å². The molecule has 1 unspecified atom stereocenters. The van der Waals surface area contributed by atoms with E-state index in [1.807, 2.05) is 18.2 Å². The van der Waals surface area contributed by atoms with Crippen LogP contribution in [-0.4, -0.2) is 42.9 Å². The Bertz CT molecular complexity index is 586. The number of carbonyl (C=O) groups excluding carboxylic acids is 2. The minimum absolute atomic E-state index is 0.0572. The summed E-state index contributed by atoms with van der Waals surface area (Å²) in [6.45, 7) is 5.27. The van der Waals surface area contributed by atoms with Gasteiger partial charge in [0.1, 0.15) is 0 Å². The summed E-state index contributed by atoms with van der Waals surface area (Å²) in [7, 11) is 1.81. The number of amides is 2. The van der Waals surface area contributed by atoms with Gasteiger partial charge in [0, 0.05) is 44.7 Å². The molecule has 0 spiro atoms. The predicted molar refractivity (Wildman–Crippen MR) is 96.8 cm³/mol. The zero-order valence-electron chi connectivity index (χ0n) is 15.0. The Morgan fingerprint density at radius 2 is 2.00 bits per heavy atom. The number of fused-ring (bicyclic) bond motifs is 1. The maximum atomic E-state index is 12.3. The Balaban J connectivity index is 1.88. The average Bonchev–Trinajstić information content (AvgIpc) is 2.58. The lowest BCUT2D eigenvalue weighted by atomic mass is 10.0. The van der Waals surface area contributed by atoms with Crippen LogP contribution in [-0.2, 0) is 16.0 Å². The molecule has 132 valence electrons. The van der Waals surface area contributed by atoms with Gasteiger partial charge >= 0.3 is 0 Å². The standard InChI is InChI=1S/C19H29N3O2/c1-14(2)16(20)10-12-21(3)18(23)11-13-22-17-7-5-4-6-15(17)8-9-19(22)24/h4-7,14,16H,8-13,20H2,1-3H3. The fourth-order valence-electron chi connectivity index (χ4n) is 2.94. The molecule has 1 aliphatic heterocycles. The maximum absolute atomic E-state index is 12.3. The van der Waals surface area contributed by atoms with Gasteiger partial charge < -0.3 is 15.5 Å². The lowest BCUT2D eigenvalue weighted by Gasteiger charge is -2.30. The zero-order valence-corrected chi connectivity index (χ0v) is 15.0. The number of hydrogen-bond donors (Lipinski definition) is 1. The topological polar surface area (TPSA) is 66.6 Å². The van der Waals surface area contributed by atoms with Gasteiger partial charge in [-0.2, -0.15) is 0 Å². The molecule has 5 nitrogen and oxygen atoms in total. The molecule has 0 aliphatic carbocycles. The first-order chi connectivity index (χ1) is 11.4. The SMILES string of the molecule is CC(C)C(N)CCN(C)C(=O)CCN1C(=O)CCc2ccccc21. The molecular formula is C19H29N3O2. The van der Waals surface area contributed by atoms with Crippen molar-refractivity contribution in [2.75, 3.05) is 25.0 Å². The van der Waals surface area contributed by atoms with Crippen molar-refractivity contribution in [2.45, 2.75) is 45.6 Å². The summed E-state index contributed by atoms with van der Waals surface area (Å²) in [5, 5.41) is 0. The molecule has 0 saturated carbocycles. The van der Waals surface area contributed by atoms with Gasteiger partial charge in [-0.3, -0.25) is 9.59 Å².